The van der Waals surface area contributed by atoms with E-state index in [1.54, 1.807) is 0 Å². The smallest absolute Gasteiger partial charge is 0.263 e. The van der Waals surface area contributed by atoms with Crippen LogP contribution in [0.2, 0.25) is 0 Å². The van der Waals surface area contributed by atoms with E-state index in [4.69, 9.17) is 4.55 Å². The van der Waals surface area contributed by atoms with Crippen LogP contribution in [-0.4, -0.2) is 19.1 Å². The van der Waals surface area contributed by atoms with Gasteiger partial charge in [-0.25, -0.2) is 3.97 Å². The van der Waals surface area contributed by atoms with E-state index in [9.17, 15) is 8.42 Å². The van der Waals surface area contributed by atoms with Crippen LogP contribution < -0.4 is 0 Å². The Bertz CT molecular complexity index is 151. The average Bonchev–Trinajstić information content (AvgIpc) is 1.63. The number of hydrogen-bond donors (Lipinski definition) is 1. The third kappa shape index (κ3) is 8.30. The lowest BCUT2D eigenvalue weighted by molar-refractivity contribution is 0.404. The van der Waals surface area contributed by atoms with E-state index in [1.165, 1.54) is 0 Å². The molecule has 0 spiro atoms. The minimum atomic E-state index is -4.18. The van der Waals surface area contributed by atoms with Crippen LogP contribution in [0.25, 0.3) is 0 Å². The van der Waals surface area contributed by atoms with Gasteiger partial charge in [0.05, 0.1) is 0 Å². The lowest BCUT2D eigenvalue weighted by Gasteiger charge is -1.94. The molecule has 4 nitrogen and oxygen atoms in total. The topological polar surface area (TPSA) is 63.6 Å². The first-order valence-electron chi connectivity index (χ1n) is 2.45. The summed E-state index contributed by atoms with van der Waals surface area (Å²) >= 11 is 0. The summed E-state index contributed by atoms with van der Waals surface area (Å²) in [7, 11) is -4.34. The second-order valence-corrected chi connectivity index (χ2v) is 3.72. The molecule has 0 saturated heterocycles. The van der Waals surface area contributed by atoms with E-state index in [0.717, 1.165) is 6.42 Å². The molecule has 0 bridgehead atoms. The van der Waals surface area contributed by atoms with Gasteiger partial charge < -0.3 is 0 Å². The van der Waals surface area contributed by atoms with Crippen LogP contribution in [0.3, 0.4) is 0 Å². The maximum Gasteiger partial charge on any atom is 0.400 e. The zero-order valence-electron chi connectivity index (χ0n) is 4.99. The van der Waals surface area contributed by atoms with Gasteiger partial charge in [0.1, 0.15) is 0 Å². The lowest BCUT2D eigenvalue weighted by atomic mass is 10.6. The summed E-state index contributed by atoms with van der Waals surface area (Å²) in [6.45, 7) is 1.90. The third-order valence-electron chi connectivity index (χ3n) is 0.516. The molecule has 1 N–H and O–H groups in total. The predicted molar refractivity (Wildman–Crippen MR) is 36.1 cm³/mol. The maximum absolute atomic E-state index is 9.85. The molecule has 0 aliphatic rings. The fraction of sp³-hybridized carbons (Fsp3) is 1.00. The molecule has 0 heterocycles. The van der Waals surface area contributed by atoms with Gasteiger partial charge in [-0.3, -0.25) is 4.55 Å². The molecule has 0 aliphatic heterocycles. The van der Waals surface area contributed by atoms with Crippen LogP contribution in [0.4, 0.5) is 0 Å². The molecule has 0 fully saturated rings. The highest BCUT2D eigenvalue weighted by molar-refractivity contribution is 7.84. The highest BCUT2D eigenvalue weighted by Crippen LogP contribution is 2.15. The summed E-state index contributed by atoms with van der Waals surface area (Å²) in [5.41, 5.74) is 0. The normalized spacial score (nSPS) is 13.1. The van der Waals surface area contributed by atoms with Gasteiger partial charge in [0.2, 0.25) is 0 Å². The van der Waals surface area contributed by atoms with Crippen molar-refractivity contribution in [2.45, 2.75) is 13.3 Å². The molecule has 56 valence electrons. The molecule has 9 heavy (non-hydrogen) atoms. The van der Waals surface area contributed by atoms with Crippen molar-refractivity contribution in [2.75, 3.05) is 6.16 Å². The number of rotatable bonds is 4. The molecule has 0 aromatic heterocycles. The fourth-order valence-corrected chi connectivity index (χ4v) is 1.35. The summed E-state index contributed by atoms with van der Waals surface area (Å²) in [5.74, 6) is 0. The van der Waals surface area contributed by atoms with Crippen LogP contribution in [0.5, 0.6) is 0 Å². The van der Waals surface area contributed by atoms with Crippen LogP contribution >= 0.6 is 8.81 Å². The Morgan fingerprint density at radius 1 is 1.67 bits per heavy atom. The van der Waals surface area contributed by atoms with E-state index >= 15 is 0 Å². The van der Waals surface area contributed by atoms with Gasteiger partial charge in [-0.05, 0) is 6.16 Å². The molecule has 1 unspecified atom stereocenters. The van der Waals surface area contributed by atoms with Gasteiger partial charge in [0, 0.05) is 8.81 Å². The molecule has 0 aromatic rings. The van der Waals surface area contributed by atoms with Crippen molar-refractivity contribution in [1.29, 1.82) is 0 Å². The molecule has 0 saturated carbocycles. The molecule has 6 heteroatoms. The lowest BCUT2D eigenvalue weighted by Crippen LogP contribution is -1.95. The van der Waals surface area contributed by atoms with Gasteiger partial charge in [-0.15, -0.1) is 0 Å². The summed E-state index contributed by atoms with van der Waals surface area (Å²) in [6, 6.07) is 0. The molecule has 1 atom stereocenters. The van der Waals surface area contributed by atoms with Crippen molar-refractivity contribution >= 4 is 19.2 Å². The van der Waals surface area contributed by atoms with E-state index in [1.807, 2.05) is 6.92 Å². The molecule has 0 radical (unpaired) electrons. The molecule has 0 rings (SSSR count). The standard InChI is InChI=1S/C3H9O4PS/c1-2-3-8-7-9(4,5)6/h8H,2-3H2,1H3,(H,4,5,6). The van der Waals surface area contributed by atoms with Gasteiger partial charge in [-0.2, -0.15) is 8.42 Å². The summed E-state index contributed by atoms with van der Waals surface area (Å²) < 4.78 is 31.7. The monoisotopic (exact) mass is 172 g/mol. The van der Waals surface area contributed by atoms with Crippen molar-refractivity contribution in [3.05, 3.63) is 0 Å². The Kier molecular flexibility index (Phi) is 4.31. The van der Waals surface area contributed by atoms with Gasteiger partial charge in [0.25, 0.3) is 0 Å². The zero-order chi connectivity index (χ0) is 7.33. The molecular formula is C3H9O4PS. The van der Waals surface area contributed by atoms with Crippen molar-refractivity contribution in [2.24, 2.45) is 0 Å². The zero-order valence-corrected chi connectivity index (χ0v) is 6.81. The first kappa shape index (κ1) is 9.30. The fourth-order valence-electron chi connectivity index (χ4n) is 0.218. The summed E-state index contributed by atoms with van der Waals surface area (Å²) in [5, 5.41) is 0. The van der Waals surface area contributed by atoms with Crippen molar-refractivity contribution < 1.29 is 16.9 Å². The second-order valence-electron chi connectivity index (χ2n) is 1.41. The minimum absolute atomic E-state index is 0.154. The van der Waals surface area contributed by atoms with Crippen LogP contribution in [0.1, 0.15) is 13.3 Å². The van der Waals surface area contributed by atoms with Crippen LogP contribution in [-0.2, 0) is 14.4 Å². The first-order chi connectivity index (χ1) is 4.06. The maximum atomic E-state index is 9.85. The highest BCUT2D eigenvalue weighted by Gasteiger charge is 2.01. The SMILES string of the molecule is CCCPOS(=O)(=O)O. The Labute approximate surface area is 56.4 Å². The van der Waals surface area contributed by atoms with E-state index in [2.05, 4.69) is 3.97 Å². The summed E-state index contributed by atoms with van der Waals surface area (Å²) in [6.07, 6.45) is 1.52. The highest BCUT2D eigenvalue weighted by atomic mass is 32.3. The van der Waals surface area contributed by atoms with Gasteiger partial charge >= 0.3 is 10.4 Å². The Morgan fingerprint density at radius 3 is 2.56 bits per heavy atom. The van der Waals surface area contributed by atoms with E-state index < -0.39 is 10.4 Å². The van der Waals surface area contributed by atoms with Crippen molar-refractivity contribution in [1.82, 2.24) is 0 Å². The Balaban J connectivity index is 3.30. The van der Waals surface area contributed by atoms with Crippen LogP contribution in [0, 0.1) is 0 Å². The molecule has 0 aromatic carbocycles. The predicted octanol–water partition coefficient (Wildman–Crippen LogP) is 0.809. The van der Waals surface area contributed by atoms with Gasteiger partial charge in [-0.1, -0.05) is 13.3 Å². The molecular weight excluding hydrogens is 163 g/mol. The van der Waals surface area contributed by atoms with Crippen molar-refractivity contribution in [3.63, 3.8) is 0 Å². The Morgan fingerprint density at radius 2 is 2.22 bits per heavy atom. The second kappa shape index (κ2) is 4.17. The molecule has 0 aliphatic carbocycles. The van der Waals surface area contributed by atoms with E-state index in [0.29, 0.717) is 6.16 Å². The Hall–Kier alpha value is 0.300. The van der Waals surface area contributed by atoms with Crippen molar-refractivity contribution in [3.8, 4) is 0 Å². The minimum Gasteiger partial charge on any atom is -0.263 e. The quantitative estimate of drug-likeness (QED) is 0.387. The van der Waals surface area contributed by atoms with Crippen LogP contribution in [0.15, 0.2) is 0 Å². The number of hydrogen-bond acceptors (Lipinski definition) is 3. The average molecular weight is 172 g/mol. The largest absolute Gasteiger partial charge is 0.400 e. The van der Waals surface area contributed by atoms with E-state index in [-0.39, 0.29) is 8.81 Å². The van der Waals surface area contributed by atoms with Gasteiger partial charge in [0.15, 0.2) is 0 Å². The first-order valence-corrected chi connectivity index (χ1v) is 4.93. The third-order valence-corrected chi connectivity index (χ3v) is 2.53. The summed E-state index contributed by atoms with van der Waals surface area (Å²) in [4.78, 5) is 0. The molecule has 0 amide bonds.